The molecule has 1 unspecified atom stereocenters. The third-order valence-electron chi connectivity index (χ3n) is 3.09. The fraction of sp³-hybridized carbons (Fsp3) is 0.294. The monoisotopic (exact) mass is 363 g/mol. The maximum atomic E-state index is 11.8. The van der Waals surface area contributed by atoms with Crippen molar-refractivity contribution in [3.05, 3.63) is 48.6 Å². The molecule has 1 aromatic rings. The number of alkyl carbamates (subject to hydrolysis) is 1. The summed E-state index contributed by atoms with van der Waals surface area (Å²) in [6, 6.07) is 7.72. The van der Waals surface area contributed by atoms with Gasteiger partial charge in [0.1, 0.15) is 19.2 Å². The second-order valence-electron chi connectivity index (χ2n) is 5.17. The topological polar surface area (TPSA) is 134 Å². The Morgan fingerprint density at radius 1 is 1.08 bits per heavy atom. The van der Waals surface area contributed by atoms with E-state index in [1.165, 1.54) is 6.08 Å². The molecule has 0 aromatic heterocycles. The molecule has 9 nitrogen and oxygen atoms in total. The van der Waals surface area contributed by atoms with Crippen LogP contribution in [0.15, 0.2) is 43.0 Å². The highest BCUT2D eigenvalue weighted by Crippen LogP contribution is 2.03. The van der Waals surface area contributed by atoms with Gasteiger partial charge in [0.15, 0.2) is 0 Å². The second kappa shape index (κ2) is 11.2. The summed E-state index contributed by atoms with van der Waals surface area (Å²) in [5, 5.41) is 16.0. The quantitative estimate of drug-likeness (QED) is 0.426. The lowest BCUT2D eigenvalue weighted by Crippen LogP contribution is -2.47. The number of carboxylic acid groups (broad SMARTS) is 1. The first-order valence-corrected chi connectivity index (χ1v) is 7.76. The van der Waals surface area contributed by atoms with Crippen molar-refractivity contribution in [1.82, 2.24) is 16.0 Å². The lowest BCUT2D eigenvalue weighted by Gasteiger charge is -2.15. The molecule has 0 saturated heterocycles. The molecule has 0 fully saturated rings. The van der Waals surface area contributed by atoms with E-state index in [9.17, 15) is 24.3 Å². The summed E-state index contributed by atoms with van der Waals surface area (Å²) in [6.45, 7) is 2.58. The van der Waals surface area contributed by atoms with Gasteiger partial charge in [0, 0.05) is 6.42 Å². The predicted molar refractivity (Wildman–Crippen MR) is 92.3 cm³/mol. The Balaban J connectivity index is 2.36. The zero-order valence-electron chi connectivity index (χ0n) is 14.1. The van der Waals surface area contributed by atoms with Gasteiger partial charge >= 0.3 is 12.1 Å². The molecule has 26 heavy (non-hydrogen) atoms. The van der Waals surface area contributed by atoms with E-state index in [1.54, 1.807) is 30.3 Å². The molecule has 0 spiro atoms. The summed E-state index contributed by atoms with van der Waals surface area (Å²) in [7, 11) is 0. The van der Waals surface area contributed by atoms with Crippen LogP contribution in [0.3, 0.4) is 0 Å². The summed E-state index contributed by atoms with van der Waals surface area (Å²) in [5.41, 5.74) is 0.756. The zero-order chi connectivity index (χ0) is 19.4. The number of ether oxygens (including phenoxy) is 1. The van der Waals surface area contributed by atoms with Gasteiger partial charge in [-0.25, -0.2) is 9.59 Å². The Bertz CT molecular complexity index is 647. The lowest BCUT2D eigenvalue weighted by atomic mass is 10.1. The smallest absolute Gasteiger partial charge is 0.407 e. The highest BCUT2D eigenvalue weighted by molar-refractivity contribution is 5.89. The molecule has 1 aromatic carbocycles. The maximum absolute atomic E-state index is 11.8. The molecular weight excluding hydrogens is 342 g/mol. The van der Waals surface area contributed by atoms with E-state index in [0.29, 0.717) is 0 Å². The number of rotatable bonds is 10. The molecule has 0 radical (unpaired) electrons. The van der Waals surface area contributed by atoms with Gasteiger partial charge in [0.2, 0.25) is 11.8 Å². The Labute approximate surface area is 150 Å². The van der Waals surface area contributed by atoms with Crippen molar-refractivity contribution in [3.8, 4) is 0 Å². The number of carboxylic acids is 1. The van der Waals surface area contributed by atoms with Gasteiger partial charge in [-0.15, -0.1) is 0 Å². The minimum atomic E-state index is -1.18. The van der Waals surface area contributed by atoms with Gasteiger partial charge in [-0.3, -0.25) is 9.59 Å². The molecule has 0 heterocycles. The third kappa shape index (κ3) is 8.48. The number of aliphatic carboxylic acids is 1. The first kappa shape index (κ1) is 20.7. The van der Waals surface area contributed by atoms with Crippen LogP contribution in [0.4, 0.5) is 4.79 Å². The molecule has 3 amide bonds. The van der Waals surface area contributed by atoms with Crippen molar-refractivity contribution in [3.63, 3.8) is 0 Å². The van der Waals surface area contributed by atoms with Crippen LogP contribution in [0.1, 0.15) is 5.56 Å². The molecule has 1 rings (SSSR count). The van der Waals surface area contributed by atoms with Gasteiger partial charge in [-0.1, -0.05) is 43.0 Å². The molecule has 4 N–H and O–H groups in total. The Morgan fingerprint density at radius 2 is 1.73 bits per heavy atom. The molecular formula is C17H21N3O6. The number of hydrogen-bond acceptors (Lipinski definition) is 5. The van der Waals surface area contributed by atoms with Gasteiger partial charge in [0.05, 0.1) is 6.54 Å². The van der Waals surface area contributed by atoms with Gasteiger partial charge in [-0.05, 0) is 5.56 Å². The Morgan fingerprint density at radius 3 is 2.35 bits per heavy atom. The van der Waals surface area contributed by atoms with E-state index < -0.39 is 36.5 Å². The molecule has 140 valence electrons. The average molecular weight is 363 g/mol. The lowest BCUT2D eigenvalue weighted by molar-refractivity contribution is -0.141. The minimum absolute atomic E-state index is 0.00779. The van der Waals surface area contributed by atoms with E-state index >= 15 is 0 Å². The Hall–Kier alpha value is -3.36. The largest absolute Gasteiger partial charge is 0.480 e. The van der Waals surface area contributed by atoms with Crippen molar-refractivity contribution >= 4 is 23.9 Å². The van der Waals surface area contributed by atoms with Crippen LogP contribution < -0.4 is 16.0 Å². The average Bonchev–Trinajstić information content (AvgIpc) is 2.63. The fourth-order valence-corrected chi connectivity index (χ4v) is 1.87. The summed E-state index contributed by atoms with van der Waals surface area (Å²) < 4.78 is 4.61. The molecule has 0 aliphatic rings. The number of amides is 3. The van der Waals surface area contributed by atoms with E-state index in [4.69, 9.17) is 0 Å². The molecule has 9 heteroatoms. The number of carbonyl (C=O) groups excluding carboxylic acids is 3. The summed E-state index contributed by atoms with van der Waals surface area (Å²) in [4.78, 5) is 45.8. The molecule has 0 aliphatic carbocycles. The van der Waals surface area contributed by atoms with Crippen LogP contribution in [-0.4, -0.2) is 54.7 Å². The highest BCUT2D eigenvalue weighted by Gasteiger charge is 2.20. The van der Waals surface area contributed by atoms with Crippen molar-refractivity contribution in [2.24, 2.45) is 0 Å². The number of hydrogen-bond donors (Lipinski definition) is 4. The normalized spacial score (nSPS) is 10.9. The number of nitrogens with one attached hydrogen (secondary N) is 3. The molecule has 0 saturated carbocycles. The molecule has 1 atom stereocenters. The summed E-state index contributed by atoms with van der Waals surface area (Å²) in [6.07, 6.45) is 0.698. The first-order chi connectivity index (χ1) is 12.4. The minimum Gasteiger partial charge on any atom is -0.480 e. The maximum Gasteiger partial charge on any atom is 0.407 e. The Kier molecular flexibility index (Phi) is 8.94. The van der Waals surface area contributed by atoms with E-state index in [-0.39, 0.29) is 19.6 Å². The summed E-state index contributed by atoms with van der Waals surface area (Å²) >= 11 is 0. The van der Waals surface area contributed by atoms with Crippen LogP contribution in [0.25, 0.3) is 0 Å². The van der Waals surface area contributed by atoms with Crippen molar-refractivity contribution in [2.45, 2.75) is 12.5 Å². The SMILES string of the molecule is C=CCOC(=O)NCC(=O)NCC(=O)NC(Cc1ccccc1)C(=O)O. The number of carbonyl (C=O) groups is 4. The molecule has 0 bridgehead atoms. The third-order valence-corrected chi connectivity index (χ3v) is 3.09. The molecule has 0 aliphatic heterocycles. The van der Waals surface area contributed by atoms with Crippen LogP contribution in [0.5, 0.6) is 0 Å². The summed E-state index contributed by atoms with van der Waals surface area (Å²) in [5.74, 6) is -2.46. The van der Waals surface area contributed by atoms with Crippen LogP contribution in [-0.2, 0) is 25.5 Å². The standard InChI is InChI=1S/C17H21N3O6/c1-2-8-26-17(25)19-10-14(21)18-11-15(22)20-13(16(23)24)9-12-6-4-3-5-7-12/h2-7,13H,1,8-11H2,(H,18,21)(H,19,25)(H,20,22)(H,23,24). The number of benzene rings is 1. The van der Waals surface area contributed by atoms with Crippen LogP contribution in [0.2, 0.25) is 0 Å². The van der Waals surface area contributed by atoms with Gasteiger partial charge in [-0.2, -0.15) is 0 Å². The van der Waals surface area contributed by atoms with E-state index in [2.05, 4.69) is 27.3 Å². The fourth-order valence-electron chi connectivity index (χ4n) is 1.87. The van der Waals surface area contributed by atoms with Crippen LogP contribution in [0, 0.1) is 0 Å². The van der Waals surface area contributed by atoms with E-state index in [1.807, 2.05) is 0 Å². The van der Waals surface area contributed by atoms with E-state index in [0.717, 1.165) is 5.56 Å². The highest BCUT2D eigenvalue weighted by atomic mass is 16.5. The van der Waals surface area contributed by atoms with Gasteiger partial charge in [0.25, 0.3) is 0 Å². The van der Waals surface area contributed by atoms with Crippen LogP contribution >= 0.6 is 0 Å². The van der Waals surface area contributed by atoms with Crippen molar-refractivity contribution in [2.75, 3.05) is 19.7 Å². The van der Waals surface area contributed by atoms with Crippen molar-refractivity contribution < 1.29 is 29.0 Å². The van der Waals surface area contributed by atoms with Crippen molar-refractivity contribution in [1.29, 1.82) is 0 Å². The predicted octanol–water partition coefficient (Wildman–Crippen LogP) is -0.173. The second-order valence-corrected chi connectivity index (χ2v) is 5.17. The van der Waals surface area contributed by atoms with Gasteiger partial charge < -0.3 is 25.8 Å². The first-order valence-electron chi connectivity index (χ1n) is 7.76. The zero-order valence-corrected chi connectivity index (χ0v) is 14.1.